The summed E-state index contributed by atoms with van der Waals surface area (Å²) in [6.45, 7) is 1.22. The number of halogens is 1. The van der Waals surface area contributed by atoms with Crippen LogP contribution in [0.1, 0.15) is 18.4 Å². The van der Waals surface area contributed by atoms with Crippen molar-refractivity contribution in [1.29, 1.82) is 0 Å². The van der Waals surface area contributed by atoms with Crippen LogP contribution in [-0.4, -0.2) is 13.2 Å². The highest BCUT2D eigenvalue weighted by molar-refractivity contribution is 9.10. The van der Waals surface area contributed by atoms with Gasteiger partial charge in [0.25, 0.3) is 0 Å². The molecule has 1 aromatic rings. The first-order chi connectivity index (χ1) is 7.21. The number of rotatable bonds is 1. The van der Waals surface area contributed by atoms with Gasteiger partial charge in [0.1, 0.15) is 13.2 Å². The van der Waals surface area contributed by atoms with Crippen molar-refractivity contribution < 1.29 is 9.47 Å². The Hall–Kier alpha value is -0.740. The van der Waals surface area contributed by atoms with Crippen molar-refractivity contribution in [3.63, 3.8) is 0 Å². The van der Waals surface area contributed by atoms with Crippen LogP contribution in [0.4, 0.5) is 0 Å². The molecule has 2 N–H and O–H groups in total. The predicted molar refractivity (Wildman–Crippen MR) is 60.2 cm³/mol. The van der Waals surface area contributed by atoms with Crippen LogP contribution < -0.4 is 15.2 Å². The van der Waals surface area contributed by atoms with E-state index in [2.05, 4.69) is 15.9 Å². The Bertz CT molecular complexity index is 415. The molecule has 0 atom stereocenters. The van der Waals surface area contributed by atoms with E-state index >= 15 is 0 Å². The van der Waals surface area contributed by atoms with Crippen molar-refractivity contribution in [1.82, 2.24) is 0 Å². The lowest BCUT2D eigenvalue weighted by Gasteiger charge is -2.24. The largest absolute Gasteiger partial charge is 0.486 e. The van der Waals surface area contributed by atoms with Crippen molar-refractivity contribution in [2.24, 2.45) is 5.73 Å². The molecule has 1 fully saturated rings. The third-order valence-corrected chi connectivity index (χ3v) is 3.61. The molecule has 1 saturated carbocycles. The van der Waals surface area contributed by atoms with E-state index in [4.69, 9.17) is 15.2 Å². The average Bonchev–Trinajstić information content (AvgIpc) is 2.97. The van der Waals surface area contributed by atoms with Crippen LogP contribution in [0.3, 0.4) is 0 Å². The van der Waals surface area contributed by atoms with E-state index in [1.165, 1.54) is 0 Å². The Labute approximate surface area is 96.7 Å². The highest BCUT2D eigenvalue weighted by Crippen LogP contribution is 2.52. The third-order valence-electron chi connectivity index (χ3n) is 2.94. The maximum atomic E-state index is 6.23. The summed E-state index contributed by atoms with van der Waals surface area (Å²) in [5.41, 5.74) is 7.09. The van der Waals surface area contributed by atoms with Crippen LogP contribution in [0.15, 0.2) is 16.6 Å². The molecule has 15 heavy (non-hydrogen) atoms. The highest BCUT2D eigenvalue weighted by Gasteiger charge is 2.44. The molecular weight excluding hydrogens is 258 g/mol. The van der Waals surface area contributed by atoms with E-state index in [0.717, 1.165) is 34.4 Å². The topological polar surface area (TPSA) is 44.5 Å². The number of hydrogen-bond acceptors (Lipinski definition) is 3. The van der Waals surface area contributed by atoms with E-state index in [1.807, 2.05) is 12.1 Å². The molecule has 2 aliphatic rings. The molecule has 0 saturated heterocycles. The number of ether oxygens (including phenoxy) is 2. The molecule has 0 amide bonds. The first kappa shape index (κ1) is 9.48. The van der Waals surface area contributed by atoms with Gasteiger partial charge in [0.15, 0.2) is 11.5 Å². The average molecular weight is 270 g/mol. The first-order valence-electron chi connectivity index (χ1n) is 5.08. The van der Waals surface area contributed by atoms with Gasteiger partial charge in [-0.15, -0.1) is 0 Å². The summed E-state index contributed by atoms with van der Waals surface area (Å²) in [5.74, 6) is 1.65. The molecule has 0 bridgehead atoms. The molecule has 0 aromatic heterocycles. The van der Waals surface area contributed by atoms with Crippen LogP contribution in [0.5, 0.6) is 11.5 Å². The van der Waals surface area contributed by atoms with E-state index in [1.54, 1.807) is 0 Å². The van der Waals surface area contributed by atoms with Gasteiger partial charge in [-0.25, -0.2) is 0 Å². The molecule has 1 aliphatic carbocycles. The maximum Gasteiger partial charge on any atom is 0.167 e. The van der Waals surface area contributed by atoms with Crippen molar-refractivity contribution in [3.8, 4) is 11.5 Å². The van der Waals surface area contributed by atoms with Gasteiger partial charge in [-0.3, -0.25) is 0 Å². The number of nitrogens with two attached hydrogens (primary N) is 1. The van der Waals surface area contributed by atoms with Crippen LogP contribution in [0.25, 0.3) is 0 Å². The normalized spacial score (nSPS) is 21.2. The van der Waals surface area contributed by atoms with Gasteiger partial charge < -0.3 is 15.2 Å². The molecule has 0 radical (unpaired) electrons. The second-order valence-corrected chi connectivity index (χ2v) is 4.96. The Morgan fingerprint density at radius 1 is 1.20 bits per heavy atom. The standard InChI is InChI=1S/C11H12BrNO2/c12-7-1-2-8-10(15-6-5-14-8)9(7)11(13)3-4-11/h1-2H,3-6,13H2. The number of hydrogen-bond donors (Lipinski definition) is 1. The lowest BCUT2D eigenvalue weighted by Crippen LogP contribution is -2.24. The summed E-state index contributed by atoms with van der Waals surface area (Å²) >= 11 is 3.54. The number of benzene rings is 1. The summed E-state index contributed by atoms with van der Waals surface area (Å²) in [6, 6.07) is 3.91. The summed E-state index contributed by atoms with van der Waals surface area (Å²) in [4.78, 5) is 0. The van der Waals surface area contributed by atoms with Crippen molar-refractivity contribution in [2.45, 2.75) is 18.4 Å². The highest BCUT2D eigenvalue weighted by atomic mass is 79.9. The number of fused-ring (bicyclic) bond motifs is 1. The van der Waals surface area contributed by atoms with E-state index < -0.39 is 0 Å². The molecule has 1 aromatic carbocycles. The van der Waals surface area contributed by atoms with E-state index in [9.17, 15) is 0 Å². The first-order valence-corrected chi connectivity index (χ1v) is 5.87. The Morgan fingerprint density at radius 2 is 1.93 bits per heavy atom. The Balaban J connectivity index is 2.18. The molecule has 1 aliphatic heterocycles. The van der Waals surface area contributed by atoms with Gasteiger partial charge in [0.2, 0.25) is 0 Å². The van der Waals surface area contributed by atoms with Gasteiger partial charge in [-0.2, -0.15) is 0 Å². The lowest BCUT2D eigenvalue weighted by molar-refractivity contribution is 0.168. The zero-order valence-corrected chi connectivity index (χ0v) is 9.84. The molecule has 4 heteroatoms. The quantitative estimate of drug-likeness (QED) is 0.850. The predicted octanol–water partition coefficient (Wildman–Crippen LogP) is 2.17. The van der Waals surface area contributed by atoms with Gasteiger partial charge >= 0.3 is 0 Å². The van der Waals surface area contributed by atoms with E-state index in [-0.39, 0.29) is 5.54 Å². The zero-order chi connectivity index (χ0) is 10.5. The van der Waals surface area contributed by atoms with Gasteiger partial charge in [0.05, 0.1) is 0 Å². The fourth-order valence-electron chi connectivity index (χ4n) is 1.94. The minimum Gasteiger partial charge on any atom is -0.486 e. The molecule has 3 nitrogen and oxygen atoms in total. The third kappa shape index (κ3) is 1.43. The van der Waals surface area contributed by atoms with Crippen molar-refractivity contribution >= 4 is 15.9 Å². The van der Waals surface area contributed by atoms with Crippen LogP contribution in [0.2, 0.25) is 0 Å². The zero-order valence-electron chi connectivity index (χ0n) is 8.25. The van der Waals surface area contributed by atoms with E-state index in [0.29, 0.717) is 13.2 Å². The van der Waals surface area contributed by atoms with Crippen molar-refractivity contribution in [2.75, 3.05) is 13.2 Å². The molecule has 0 spiro atoms. The second kappa shape index (κ2) is 3.12. The van der Waals surface area contributed by atoms with Crippen molar-refractivity contribution in [3.05, 3.63) is 22.2 Å². The fraction of sp³-hybridized carbons (Fsp3) is 0.455. The van der Waals surface area contributed by atoms with Crippen LogP contribution in [0, 0.1) is 0 Å². The van der Waals surface area contributed by atoms with Crippen LogP contribution >= 0.6 is 15.9 Å². The Morgan fingerprint density at radius 3 is 2.67 bits per heavy atom. The molecule has 3 rings (SSSR count). The Kier molecular flexibility index (Phi) is 1.97. The summed E-state index contributed by atoms with van der Waals surface area (Å²) in [5, 5.41) is 0. The molecule has 80 valence electrons. The van der Waals surface area contributed by atoms with Gasteiger partial charge in [-0.1, -0.05) is 15.9 Å². The summed E-state index contributed by atoms with van der Waals surface area (Å²) in [7, 11) is 0. The SMILES string of the molecule is NC1(c2c(Br)ccc3c2OCCO3)CC1. The molecule has 1 heterocycles. The van der Waals surface area contributed by atoms with Gasteiger partial charge in [0, 0.05) is 15.6 Å². The summed E-state index contributed by atoms with van der Waals surface area (Å²) < 4.78 is 12.2. The smallest absolute Gasteiger partial charge is 0.167 e. The minimum absolute atomic E-state index is 0.203. The van der Waals surface area contributed by atoms with Crippen LogP contribution in [-0.2, 0) is 5.54 Å². The minimum atomic E-state index is -0.203. The maximum absolute atomic E-state index is 6.23. The van der Waals surface area contributed by atoms with Gasteiger partial charge in [-0.05, 0) is 25.0 Å². The second-order valence-electron chi connectivity index (χ2n) is 4.10. The lowest BCUT2D eigenvalue weighted by atomic mass is 10.0. The monoisotopic (exact) mass is 269 g/mol. The molecular formula is C11H12BrNO2. The fourth-order valence-corrected chi connectivity index (χ4v) is 2.65. The summed E-state index contributed by atoms with van der Waals surface area (Å²) in [6.07, 6.45) is 2.04. The molecule has 0 unspecified atom stereocenters.